The Labute approximate surface area is 705 Å². The molecule has 0 amide bonds. The van der Waals surface area contributed by atoms with Crippen molar-refractivity contribution < 1.29 is 33.6 Å². The first-order chi connectivity index (χ1) is 53.9. The number of carbonyl (C=O) groups excluding carboxylic acids is 7. The molecule has 3 saturated carbocycles. The lowest BCUT2D eigenvalue weighted by atomic mass is 9.80. The number of hydrogen-bond acceptors (Lipinski definition) is 16. The maximum absolute atomic E-state index is 11.8. The molecule has 7 N–H and O–H groups in total. The molecule has 0 bridgehead atoms. The molecule has 0 spiro atoms. The van der Waals surface area contributed by atoms with Gasteiger partial charge in [0.05, 0.1) is 6.54 Å². The maximum Gasteiger partial charge on any atom is 0.149 e. The Kier molecular flexibility index (Phi) is 56.2. The number of benzene rings is 3. The van der Waals surface area contributed by atoms with Crippen molar-refractivity contribution in [2.45, 2.75) is 376 Å². The molecule has 16 nitrogen and oxygen atoms in total. The number of hydrogen-bond donors (Lipinski definition) is 7. The lowest BCUT2D eigenvalue weighted by Crippen LogP contribution is -2.49. The third-order valence-electron chi connectivity index (χ3n) is 21.6. The van der Waals surface area contributed by atoms with E-state index in [1.54, 1.807) is 0 Å². The topological polar surface area (TPSA) is 210 Å². The van der Waals surface area contributed by atoms with Gasteiger partial charge >= 0.3 is 0 Å². The van der Waals surface area contributed by atoms with E-state index in [0.717, 1.165) is 113 Å². The SMILES string of the molecule is CC(C)NC1CCC(C(=O)C(C)C)CC1.CC(C)NC1CCC(C(=O)C(C)C)CC1.CC(C)NC1CCC(CC(=O)C(C)C)CC1.CC(C)NCCN1CCN(CC(=O)C(C)C)CC1.CC(C)Nc1ccc(CC(=O)C(C)C)cc1.CC(C)Nc1ccc(CCC(=O)C(C)C)cc1.CC(C)Nc1ccc(CCCC(=O)C(C)C)cc1. The van der Waals surface area contributed by atoms with Gasteiger partial charge in [0.25, 0.3) is 0 Å². The molecule has 7 rings (SSSR count). The smallest absolute Gasteiger partial charge is 0.149 e. The number of carbonyl (C=O) groups is 7. The highest BCUT2D eigenvalue weighted by molar-refractivity contribution is 5.84. The summed E-state index contributed by atoms with van der Waals surface area (Å²) in [6.45, 7) is 65.0. The number of anilines is 3. The molecule has 3 aliphatic carbocycles. The summed E-state index contributed by atoms with van der Waals surface area (Å²) < 4.78 is 0. The Bertz CT molecular complexity index is 3020. The summed E-state index contributed by atoms with van der Waals surface area (Å²) in [5.41, 5.74) is 7.03. The normalized spacial score (nSPS) is 18.6. The molecule has 1 saturated heterocycles. The van der Waals surface area contributed by atoms with Crippen LogP contribution in [0.4, 0.5) is 17.1 Å². The van der Waals surface area contributed by atoms with Gasteiger partial charge in [-0.2, -0.15) is 0 Å². The van der Waals surface area contributed by atoms with Gasteiger partial charge in [0.1, 0.15) is 40.5 Å². The highest BCUT2D eigenvalue weighted by Crippen LogP contribution is 2.31. The fourth-order valence-electron chi connectivity index (χ4n) is 14.6. The van der Waals surface area contributed by atoms with Crippen LogP contribution in [0.15, 0.2) is 72.8 Å². The first kappa shape index (κ1) is 108. The minimum absolute atomic E-state index is 0.119. The van der Waals surface area contributed by atoms with E-state index >= 15 is 0 Å². The standard InChI is InChI=1S/C16H25NO.C15H23NO.C14H29N3O.C14H27NO.C14H21NO.2C13H25NO/c1-12(2)16(18)7-5-6-14-8-10-15(11-9-14)17-13(3)4;1-11(2)15(17)10-7-13-5-8-14(9-6-13)16-12(3)4;1-12(2)14(18)11-17-9-7-16(8-10-17)6-5-15-13(3)4;2*1-10(2)14(16)9-12-5-7-13(8-6-12)15-11(3)4;2*1-9(2)13(15)11-5-7-12(8-6-11)14-10(3)4/h8-13,17H,5-7H2,1-4H3;5-6,8-9,11-12,16H,7,10H2,1-4H3;12-13,15H,5-11H2,1-4H3;10-13,15H,5-9H2,1-4H3;5-8,10-11,15H,9H2,1-4H3;2*9-12,14H,5-8H2,1-4H3. The van der Waals surface area contributed by atoms with Crippen molar-refractivity contribution in [3.63, 3.8) is 0 Å². The average molecular weight is 1600 g/mol. The largest absolute Gasteiger partial charge is 0.383 e. The zero-order valence-corrected chi connectivity index (χ0v) is 78.6. The van der Waals surface area contributed by atoms with Crippen LogP contribution in [0, 0.1) is 59.2 Å². The van der Waals surface area contributed by atoms with E-state index < -0.39 is 0 Å². The Morgan fingerprint density at radius 2 is 0.643 bits per heavy atom. The first-order valence-electron chi connectivity index (χ1n) is 45.7. The molecule has 4 fully saturated rings. The van der Waals surface area contributed by atoms with Gasteiger partial charge in [0.15, 0.2) is 0 Å². The molecule has 1 heterocycles. The van der Waals surface area contributed by atoms with Gasteiger partial charge in [-0.15, -0.1) is 0 Å². The summed E-state index contributed by atoms with van der Waals surface area (Å²) in [5, 5.41) is 24.2. The molecule has 0 atom stereocenters. The predicted molar refractivity (Wildman–Crippen MR) is 492 cm³/mol. The highest BCUT2D eigenvalue weighted by Gasteiger charge is 2.30. The van der Waals surface area contributed by atoms with Crippen molar-refractivity contribution in [2.24, 2.45) is 59.2 Å². The fraction of sp³-hybridized carbons (Fsp3) is 0.747. The summed E-state index contributed by atoms with van der Waals surface area (Å²) in [6.07, 6.45) is 19.4. The average Bonchev–Trinajstić information content (AvgIpc) is 0.981. The van der Waals surface area contributed by atoms with Gasteiger partial charge in [-0.25, -0.2) is 0 Å². The van der Waals surface area contributed by atoms with Crippen LogP contribution in [-0.2, 0) is 52.8 Å². The molecule has 0 unspecified atom stereocenters. The minimum atomic E-state index is 0.119. The highest BCUT2D eigenvalue weighted by atomic mass is 16.2. The van der Waals surface area contributed by atoms with Crippen molar-refractivity contribution in [1.82, 2.24) is 31.1 Å². The second-order valence-corrected chi connectivity index (χ2v) is 37.9. The Morgan fingerprint density at radius 1 is 0.322 bits per heavy atom. The van der Waals surface area contributed by atoms with Crippen LogP contribution >= 0.6 is 0 Å². The molecule has 0 radical (unpaired) electrons. The summed E-state index contributed by atoms with van der Waals surface area (Å²) in [4.78, 5) is 86.3. The molecule has 1 aliphatic heterocycles. The summed E-state index contributed by atoms with van der Waals surface area (Å²) in [5.74, 6) is 5.34. The molecule has 0 aromatic heterocycles. The van der Waals surface area contributed by atoms with Crippen molar-refractivity contribution in [3.8, 4) is 0 Å². The molecular formula is C99H175N9O7. The third kappa shape index (κ3) is 52.2. The lowest BCUT2D eigenvalue weighted by molar-refractivity contribution is -0.127. The van der Waals surface area contributed by atoms with Crippen LogP contribution in [0.5, 0.6) is 0 Å². The van der Waals surface area contributed by atoms with E-state index in [1.165, 1.54) is 62.5 Å². The van der Waals surface area contributed by atoms with E-state index in [0.29, 0.717) is 144 Å². The number of ketones is 7. The molecule has 3 aromatic carbocycles. The van der Waals surface area contributed by atoms with Gasteiger partial charge in [-0.05, 0) is 197 Å². The monoisotopic (exact) mass is 1600 g/mol. The number of nitrogens with zero attached hydrogens (tertiary/aromatic N) is 2. The minimum Gasteiger partial charge on any atom is -0.383 e. The van der Waals surface area contributed by atoms with Gasteiger partial charge in [-0.1, -0.05) is 189 Å². The van der Waals surface area contributed by atoms with Crippen molar-refractivity contribution >= 4 is 57.5 Å². The molecule has 3 aromatic rings. The number of nitrogens with one attached hydrogen (secondary N) is 7. The third-order valence-corrected chi connectivity index (χ3v) is 21.6. The molecule has 115 heavy (non-hydrogen) atoms. The van der Waals surface area contributed by atoms with Crippen LogP contribution in [0.1, 0.15) is 313 Å². The van der Waals surface area contributed by atoms with Crippen molar-refractivity contribution in [1.29, 1.82) is 0 Å². The zero-order chi connectivity index (χ0) is 87.0. The van der Waals surface area contributed by atoms with Crippen LogP contribution in [0.3, 0.4) is 0 Å². The molecular weight excluding hydrogens is 1430 g/mol. The van der Waals surface area contributed by atoms with Crippen LogP contribution in [0.25, 0.3) is 0 Å². The second kappa shape index (κ2) is 60.1. The van der Waals surface area contributed by atoms with E-state index in [4.69, 9.17) is 0 Å². The second-order valence-electron chi connectivity index (χ2n) is 37.9. The van der Waals surface area contributed by atoms with Crippen LogP contribution in [0.2, 0.25) is 0 Å². The number of rotatable bonds is 38. The van der Waals surface area contributed by atoms with Crippen molar-refractivity contribution in [3.05, 3.63) is 89.5 Å². The Hall–Kier alpha value is -5.49. The van der Waals surface area contributed by atoms with Crippen LogP contribution in [-0.4, -0.2) is 157 Å². The summed E-state index contributed by atoms with van der Waals surface area (Å²) in [6, 6.07) is 30.5. The quantitative estimate of drug-likeness (QED) is 0.0284. The van der Waals surface area contributed by atoms with Gasteiger partial charge in [0, 0.05) is 196 Å². The zero-order valence-electron chi connectivity index (χ0n) is 78.6. The number of aryl methyl sites for hydroxylation is 2. The Balaban J connectivity index is 0.000000672. The van der Waals surface area contributed by atoms with Crippen molar-refractivity contribution in [2.75, 3.05) is 61.8 Å². The fourth-order valence-corrected chi connectivity index (χ4v) is 14.6. The van der Waals surface area contributed by atoms with E-state index in [-0.39, 0.29) is 41.4 Å². The number of Topliss-reactive ketones (excluding diaryl/α,β-unsaturated/α-hetero) is 7. The van der Waals surface area contributed by atoms with Gasteiger partial charge < -0.3 is 37.2 Å². The lowest BCUT2D eigenvalue weighted by Gasteiger charge is -2.34. The van der Waals surface area contributed by atoms with E-state index in [2.05, 4.69) is 192 Å². The Morgan fingerprint density at radius 3 is 0.965 bits per heavy atom. The van der Waals surface area contributed by atoms with Gasteiger partial charge in [-0.3, -0.25) is 43.4 Å². The molecule has 16 heteroatoms. The predicted octanol–water partition coefficient (Wildman–Crippen LogP) is 20.5. The summed E-state index contributed by atoms with van der Waals surface area (Å²) in [7, 11) is 0. The first-order valence-corrected chi connectivity index (χ1v) is 45.7. The van der Waals surface area contributed by atoms with E-state index in [9.17, 15) is 33.6 Å². The van der Waals surface area contributed by atoms with Gasteiger partial charge in [0.2, 0.25) is 0 Å². The maximum atomic E-state index is 11.8. The van der Waals surface area contributed by atoms with Crippen LogP contribution < -0.4 is 37.2 Å². The number of piperazine rings is 1. The summed E-state index contributed by atoms with van der Waals surface area (Å²) >= 11 is 0. The van der Waals surface area contributed by atoms with E-state index in [1.807, 2.05) is 121 Å². The molecule has 658 valence electrons. The molecule has 4 aliphatic rings.